The molecule has 3 amide bonds. The Labute approximate surface area is 174 Å². The van der Waals surface area contributed by atoms with Gasteiger partial charge in [-0.2, -0.15) is 0 Å². The van der Waals surface area contributed by atoms with Gasteiger partial charge in [-0.25, -0.2) is 4.79 Å². The zero-order chi connectivity index (χ0) is 21.4. The molecule has 0 bridgehead atoms. The summed E-state index contributed by atoms with van der Waals surface area (Å²) >= 11 is 0. The van der Waals surface area contributed by atoms with Crippen LogP contribution in [0.1, 0.15) is 15.9 Å². The van der Waals surface area contributed by atoms with Gasteiger partial charge < -0.3 is 24.2 Å². The van der Waals surface area contributed by atoms with Gasteiger partial charge in [0.15, 0.2) is 11.5 Å². The number of amides is 3. The number of piperazine rings is 1. The monoisotopic (exact) mass is 412 g/mol. The fourth-order valence-corrected chi connectivity index (χ4v) is 3.67. The van der Waals surface area contributed by atoms with E-state index in [9.17, 15) is 14.4 Å². The summed E-state index contributed by atoms with van der Waals surface area (Å²) in [5, 5.41) is 0. The second-order valence-electron chi connectivity index (χ2n) is 7.54. The van der Waals surface area contributed by atoms with E-state index in [0.717, 1.165) is 0 Å². The standard InChI is InChI=1S/C21H24N4O5/c1-14-6-7-25(15-4-5-16-17(12-15)30-13-29-16)20(27)18(14)19(26)23-8-10-24(11-9-23)21(28)22(2)3/h4-7,12H,8-11,13H2,1-3H3. The summed E-state index contributed by atoms with van der Waals surface area (Å²) in [5.74, 6) is 0.874. The van der Waals surface area contributed by atoms with E-state index in [4.69, 9.17) is 9.47 Å². The maximum absolute atomic E-state index is 13.2. The van der Waals surface area contributed by atoms with Crippen molar-refractivity contribution in [3.8, 4) is 17.2 Å². The molecule has 30 heavy (non-hydrogen) atoms. The van der Waals surface area contributed by atoms with E-state index in [1.807, 2.05) is 0 Å². The van der Waals surface area contributed by atoms with Gasteiger partial charge in [0.05, 0.1) is 5.69 Å². The van der Waals surface area contributed by atoms with E-state index in [1.165, 1.54) is 9.47 Å². The third-order valence-electron chi connectivity index (χ3n) is 5.37. The van der Waals surface area contributed by atoms with Crippen LogP contribution < -0.4 is 15.0 Å². The molecule has 2 aliphatic rings. The Bertz CT molecular complexity index is 1050. The zero-order valence-corrected chi connectivity index (χ0v) is 17.3. The molecule has 1 aromatic heterocycles. The van der Waals surface area contributed by atoms with Gasteiger partial charge in [-0.3, -0.25) is 14.2 Å². The van der Waals surface area contributed by atoms with Crippen molar-refractivity contribution in [2.75, 3.05) is 47.1 Å². The van der Waals surface area contributed by atoms with Crippen molar-refractivity contribution in [3.05, 3.63) is 51.9 Å². The Balaban J connectivity index is 1.59. The van der Waals surface area contributed by atoms with Gasteiger partial charge >= 0.3 is 6.03 Å². The zero-order valence-electron chi connectivity index (χ0n) is 17.3. The first-order chi connectivity index (χ1) is 14.4. The summed E-state index contributed by atoms with van der Waals surface area (Å²) in [7, 11) is 3.40. The Kier molecular flexibility index (Phi) is 5.11. The molecule has 1 saturated heterocycles. The van der Waals surface area contributed by atoms with Crippen molar-refractivity contribution in [2.24, 2.45) is 0 Å². The van der Waals surface area contributed by atoms with Crippen LogP contribution >= 0.6 is 0 Å². The van der Waals surface area contributed by atoms with E-state index in [-0.39, 0.29) is 29.9 Å². The summed E-state index contributed by atoms with van der Waals surface area (Å²) < 4.78 is 12.2. The van der Waals surface area contributed by atoms with Crippen LogP contribution in [0.4, 0.5) is 4.79 Å². The fourth-order valence-electron chi connectivity index (χ4n) is 3.67. The summed E-state index contributed by atoms with van der Waals surface area (Å²) in [5.41, 5.74) is 0.974. The second kappa shape index (κ2) is 7.74. The van der Waals surface area contributed by atoms with E-state index in [2.05, 4.69) is 0 Å². The first-order valence-corrected chi connectivity index (χ1v) is 9.74. The highest BCUT2D eigenvalue weighted by molar-refractivity contribution is 5.95. The van der Waals surface area contributed by atoms with E-state index < -0.39 is 0 Å². The lowest BCUT2D eigenvalue weighted by Crippen LogP contribution is -2.53. The van der Waals surface area contributed by atoms with Gasteiger partial charge in [0, 0.05) is 52.5 Å². The molecule has 9 nitrogen and oxygen atoms in total. The van der Waals surface area contributed by atoms with Crippen LogP contribution in [0.25, 0.3) is 5.69 Å². The van der Waals surface area contributed by atoms with Crippen LogP contribution in [-0.2, 0) is 0 Å². The molecule has 3 heterocycles. The number of ether oxygens (including phenoxy) is 2. The molecule has 158 valence electrons. The molecule has 4 rings (SSSR count). The summed E-state index contributed by atoms with van der Waals surface area (Å²) in [4.78, 5) is 43.3. The quantitative estimate of drug-likeness (QED) is 0.743. The van der Waals surface area contributed by atoms with Gasteiger partial charge in [0.1, 0.15) is 5.56 Å². The maximum atomic E-state index is 13.2. The Morgan fingerprint density at radius 3 is 2.33 bits per heavy atom. The molecule has 0 spiro atoms. The molecular formula is C21H24N4O5. The van der Waals surface area contributed by atoms with Crippen LogP contribution in [0.15, 0.2) is 35.3 Å². The molecule has 0 atom stereocenters. The normalized spacial score (nSPS) is 15.3. The predicted molar refractivity (Wildman–Crippen MR) is 109 cm³/mol. The third kappa shape index (κ3) is 3.47. The molecule has 0 radical (unpaired) electrons. The number of hydrogen-bond acceptors (Lipinski definition) is 5. The van der Waals surface area contributed by atoms with Crippen molar-refractivity contribution in [2.45, 2.75) is 6.92 Å². The molecule has 1 fully saturated rings. The fraction of sp³-hybridized carbons (Fsp3) is 0.381. The first kappa shape index (κ1) is 19.8. The van der Waals surface area contributed by atoms with Crippen molar-refractivity contribution >= 4 is 11.9 Å². The highest BCUT2D eigenvalue weighted by atomic mass is 16.7. The average Bonchev–Trinajstić information content (AvgIpc) is 3.21. The topological polar surface area (TPSA) is 84.3 Å². The second-order valence-corrected chi connectivity index (χ2v) is 7.54. The van der Waals surface area contributed by atoms with Crippen molar-refractivity contribution in [3.63, 3.8) is 0 Å². The average molecular weight is 412 g/mol. The molecule has 9 heteroatoms. The highest BCUT2D eigenvalue weighted by Gasteiger charge is 2.28. The lowest BCUT2D eigenvalue weighted by molar-refractivity contribution is 0.0647. The minimum Gasteiger partial charge on any atom is -0.454 e. The van der Waals surface area contributed by atoms with Crippen molar-refractivity contribution in [1.82, 2.24) is 19.3 Å². The molecule has 0 N–H and O–H groups in total. The molecule has 0 aliphatic carbocycles. The van der Waals surface area contributed by atoms with Crippen molar-refractivity contribution in [1.29, 1.82) is 0 Å². The number of aryl methyl sites for hydroxylation is 1. The van der Waals surface area contributed by atoms with Gasteiger partial charge in [0.2, 0.25) is 6.79 Å². The number of fused-ring (bicyclic) bond motifs is 1. The van der Waals surface area contributed by atoms with E-state index in [0.29, 0.717) is 48.9 Å². The molecular weight excluding hydrogens is 388 g/mol. The number of rotatable bonds is 2. The Morgan fingerprint density at radius 2 is 1.63 bits per heavy atom. The lowest BCUT2D eigenvalue weighted by Gasteiger charge is -2.36. The largest absolute Gasteiger partial charge is 0.454 e. The number of benzene rings is 1. The number of hydrogen-bond donors (Lipinski definition) is 0. The third-order valence-corrected chi connectivity index (χ3v) is 5.37. The highest BCUT2D eigenvalue weighted by Crippen LogP contribution is 2.33. The maximum Gasteiger partial charge on any atom is 0.319 e. The van der Waals surface area contributed by atoms with Gasteiger partial charge in [0.25, 0.3) is 11.5 Å². The first-order valence-electron chi connectivity index (χ1n) is 9.74. The van der Waals surface area contributed by atoms with Crippen LogP contribution in [0.2, 0.25) is 0 Å². The Hall–Kier alpha value is -3.49. The smallest absolute Gasteiger partial charge is 0.319 e. The molecule has 0 saturated carbocycles. The molecule has 1 aromatic carbocycles. The number of aromatic nitrogens is 1. The summed E-state index contributed by atoms with van der Waals surface area (Å²) in [6.07, 6.45) is 1.65. The van der Waals surface area contributed by atoms with Crippen LogP contribution in [0, 0.1) is 6.92 Å². The number of urea groups is 1. The van der Waals surface area contributed by atoms with Crippen LogP contribution in [-0.4, -0.2) is 78.3 Å². The number of carbonyl (C=O) groups is 2. The lowest BCUT2D eigenvalue weighted by atomic mass is 10.1. The number of pyridine rings is 1. The van der Waals surface area contributed by atoms with E-state index in [1.54, 1.807) is 61.3 Å². The molecule has 0 unspecified atom stereocenters. The van der Waals surface area contributed by atoms with Gasteiger partial charge in [-0.15, -0.1) is 0 Å². The van der Waals surface area contributed by atoms with E-state index >= 15 is 0 Å². The van der Waals surface area contributed by atoms with Gasteiger partial charge in [-0.05, 0) is 30.7 Å². The van der Waals surface area contributed by atoms with Crippen LogP contribution in [0.5, 0.6) is 11.5 Å². The molecule has 2 aliphatic heterocycles. The summed E-state index contributed by atoms with van der Waals surface area (Å²) in [6.45, 7) is 3.54. The van der Waals surface area contributed by atoms with Gasteiger partial charge in [-0.1, -0.05) is 0 Å². The Morgan fingerprint density at radius 1 is 0.967 bits per heavy atom. The van der Waals surface area contributed by atoms with Crippen LogP contribution in [0.3, 0.4) is 0 Å². The minimum atomic E-state index is -0.384. The SMILES string of the molecule is Cc1ccn(-c2ccc3c(c2)OCO3)c(=O)c1C(=O)N1CCN(C(=O)N(C)C)CC1. The predicted octanol–water partition coefficient (Wildman–Crippen LogP) is 1.31. The summed E-state index contributed by atoms with van der Waals surface area (Å²) in [6, 6.07) is 6.89. The van der Waals surface area contributed by atoms with Crippen molar-refractivity contribution < 1.29 is 19.1 Å². The number of nitrogens with zero attached hydrogens (tertiary/aromatic N) is 4. The number of carbonyl (C=O) groups excluding carboxylic acids is 2. The molecule has 2 aromatic rings. The minimum absolute atomic E-state index is 0.0804.